The summed E-state index contributed by atoms with van der Waals surface area (Å²) < 4.78 is 10.3. The van der Waals surface area contributed by atoms with Gasteiger partial charge in [0, 0.05) is 6.08 Å². The second-order valence-electron chi connectivity index (χ2n) is 4.20. The molecule has 1 N–H and O–H groups in total. The van der Waals surface area contributed by atoms with Crippen molar-refractivity contribution in [3.05, 3.63) is 12.7 Å². The summed E-state index contributed by atoms with van der Waals surface area (Å²) in [5, 5.41) is 0. The maximum atomic E-state index is 10.8. The van der Waals surface area contributed by atoms with Crippen molar-refractivity contribution in [2.24, 2.45) is 0 Å². The van der Waals surface area contributed by atoms with E-state index in [9.17, 15) is 9.59 Å². The second kappa shape index (κ2) is 4.88. The molecule has 0 aromatic heterocycles. The van der Waals surface area contributed by atoms with E-state index >= 15 is 0 Å². The lowest BCUT2D eigenvalue weighted by atomic mass is 10.7. The number of carbonyl (C=O) groups is 1. The molecule has 0 saturated carbocycles. The molecule has 6 heteroatoms. The van der Waals surface area contributed by atoms with Gasteiger partial charge in [-0.25, -0.2) is 4.79 Å². The van der Waals surface area contributed by atoms with Crippen LogP contribution in [0.3, 0.4) is 0 Å². The quantitative estimate of drug-likeness (QED) is 0.441. The first-order valence-corrected chi connectivity index (χ1v) is 10.4. The predicted molar refractivity (Wildman–Crippen MR) is 59.4 cm³/mol. The van der Waals surface area contributed by atoms with Crippen LogP contribution in [0.25, 0.3) is 0 Å². The molecule has 0 heterocycles. The van der Waals surface area contributed by atoms with Gasteiger partial charge in [0.15, 0.2) is 8.32 Å². The third-order valence-corrected chi connectivity index (χ3v) is 6.06. The van der Waals surface area contributed by atoms with E-state index < -0.39 is 22.8 Å². The summed E-state index contributed by atoms with van der Waals surface area (Å²) in [7, 11) is -4.63. The highest BCUT2D eigenvalue weighted by molar-refractivity contribution is 6.81. The fraction of sp³-hybridized carbons (Fsp3) is 0.625. The van der Waals surface area contributed by atoms with Crippen molar-refractivity contribution < 1.29 is 18.4 Å². The Bertz CT molecular complexity index is 220. The van der Waals surface area contributed by atoms with E-state index in [1.807, 2.05) is 19.6 Å². The Morgan fingerprint density at radius 2 is 1.93 bits per heavy atom. The highest BCUT2D eigenvalue weighted by atomic mass is 28.4. The summed E-state index contributed by atoms with van der Waals surface area (Å²) in [6, 6.07) is 0. The fourth-order valence-corrected chi connectivity index (χ4v) is 6.88. The van der Waals surface area contributed by atoms with Crippen molar-refractivity contribution in [3.8, 4) is 0 Å². The molecule has 0 aliphatic heterocycles. The highest BCUT2D eigenvalue weighted by Crippen LogP contribution is 2.11. The Hall–Kier alpha value is -0.436. The number of esters is 1. The van der Waals surface area contributed by atoms with Gasteiger partial charge in [-0.15, -0.1) is 0 Å². The molecule has 0 radical (unpaired) electrons. The first-order valence-electron chi connectivity index (χ1n) is 4.38. The van der Waals surface area contributed by atoms with Gasteiger partial charge in [-0.05, 0) is 26.2 Å². The van der Waals surface area contributed by atoms with Gasteiger partial charge in [-0.1, -0.05) is 6.58 Å². The van der Waals surface area contributed by atoms with Gasteiger partial charge in [0.2, 0.25) is 0 Å². The minimum Gasteiger partial charge on any atom is -0.461 e. The third-order valence-electron chi connectivity index (χ3n) is 1.17. The van der Waals surface area contributed by atoms with Crippen molar-refractivity contribution in [1.82, 2.24) is 0 Å². The number of hydrogen-bond donors (Lipinski definition) is 1. The van der Waals surface area contributed by atoms with E-state index in [0.717, 1.165) is 6.08 Å². The van der Waals surface area contributed by atoms with E-state index in [-0.39, 0.29) is 6.23 Å². The van der Waals surface area contributed by atoms with Gasteiger partial charge in [-0.2, -0.15) is 0 Å². The molecule has 0 spiro atoms. The Kier molecular flexibility index (Phi) is 4.72. The summed E-state index contributed by atoms with van der Waals surface area (Å²) in [6.45, 7) is 10.8. The summed E-state index contributed by atoms with van der Waals surface area (Å²) in [6.07, 6.45) is 1.03. The van der Waals surface area contributed by atoms with Gasteiger partial charge < -0.3 is 13.6 Å². The predicted octanol–water partition coefficient (Wildman–Crippen LogP) is 1.17. The molecule has 0 aromatic rings. The molecule has 0 rings (SSSR count). The Morgan fingerprint density at radius 3 is 2.29 bits per heavy atom. The number of rotatable bonds is 5. The molecule has 0 saturated heterocycles. The minimum atomic E-state index is -2.85. The van der Waals surface area contributed by atoms with Crippen LogP contribution in [0.4, 0.5) is 0 Å². The molecule has 0 fully saturated rings. The van der Waals surface area contributed by atoms with Crippen molar-refractivity contribution >= 4 is 22.8 Å². The van der Waals surface area contributed by atoms with E-state index in [1.165, 1.54) is 0 Å². The van der Waals surface area contributed by atoms with E-state index in [1.54, 1.807) is 6.55 Å². The monoisotopic (exact) mass is 234 g/mol. The normalized spacial score (nSPS) is 15.8. The Labute approximate surface area is 86.9 Å². The van der Waals surface area contributed by atoms with Crippen molar-refractivity contribution in [2.75, 3.05) is 6.23 Å². The summed E-state index contributed by atoms with van der Waals surface area (Å²) in [5.41, 5.74) is 0. The standard InChI is InChI=1S/C8H18O4Si2/c1-6-8(9)11-7-14(5,10)12-13(2,3)4/h6,10H,1,7H2,2-5H3. The summed E-state index contributed by atoms with van der Waals surface area (Å²) in [5.74, 6) is -0.531. The average molecular weight is 234 g/mol. The van der Waals surface area contributed by atoms with Crippen molar-refractivity contribution in [2.45, 2.75) is 26.2 Å². The van der Waals surface area contributed by atoms with Crippen molar-refractivity contribution in [1.29, 1.82) is 0 Å². The van der Waals surface area contributed by atoms with Gasteiger partial charge >= 0.3 is 14.5 Å². The molecule has 0 amide bonds. The van der Waals surface area contributed by atoms with E-state index in [4.69, 9.17) is 8.85 Å². The van der Waals surface area contributed by atoms with Crippen molar-refractivity contribution in [3.63, 3.8) is 0 Å². The molecule has 4 nitrogen and oxygen atoms in total. The zero-order valence-electron chi connectivity index (χ0n) is 9.16. The molecule has 0 aromatic carbocycles. The first kappa shape index (κ1) is 13.6. The molecule has 1 unspecified atom stereocenters. The van der Waals surface area contributed by atoms with Crippen LogP contribution < -0.4 is 0 Å². The molecule has 82 valence electrons. The van der Waals surface area contributed by atoms with Crippen LogP contribution in [0.2, 0.25) is 26.2 Å². The number of carbonyl (C=O) groups excluding carboxylic acids is 1. The van der Waals surface area contributed by atoms with Crippen LogP contribution >= 0.6 is 0 Å². The number of ether oxygens (including phenoxy) is 1. The average Bonchev–Trinajstić information content (AvgIpc) is 1.96. The summed E-state index contributed by atoms with van der Waals surface area (Å²) >= 11 is 0. The number of hydrogen-bond acceptors (Lipinski definition) is 4. The largest absolute Gasteiger partial charge is 0.461 e. The van der Waals surface area contributed by atoms with Crippen LogP contribution in [0.15, 0.2) is 12.7 Å². The smallest absolute Gasteiger partial charge is 0.361 e. The maximum absolute atomic E-state index is 10.8. The van der Waals surface area contributed by atoms with Crippen LogP contribution in [0.1, 0.15) is 0 Å². The topological polar surface area (TPSA) is 55.8 Å². The lowest BCUT2D eigenvalue weighted by molar-refractivity contribution is -0.136. The Balaban J connectivity index is 4.08. The van der Waals surface area contributed by atoms with Gasteiger partial charge in [0.1, 0.15) is 6.23 Å². The first-order chi connectivity index (χ1) is 6.16. The maximum Gasteiger partial charge on any atom is 0.361 e. The molecule has 14 heavy (non-hydrogen) atoms. The van der Waals surface area contributed by atoms with Gasteiger partial charge in [0.05, 0.1) is 0 Å². The Morgan fingerprint density at radius 1 is 1.43 bits per heavy atom. The highest BCUT2D eigenvalue weighted by Gasteiger charge is 2.34. The second-order valence-corrected chi connectivity index (χ2v) is 11.9. The fourth-order valence-electron chi connectivity index (χ4n) is 0.953. The third kappa shape index (κ3) is 7.01. The van der Waals surface area contributed by atoms with Crippen LogP contribution in [0, 0.1) is 0 Å². The van der Waals surface area contributed by atoms with E-state index in [2.05, 4.69) is 6.58 Å². The summed E-state index contributed by atoms with van der Waals surface area (Å²) in [4.78, 5) is 20.6. The van der Waals surface area contributed by atoms with Crippen LogP contribution in [-0.4, -0.2) is 33.9 Å². The van der Waals surface area contributed by atoms with E-state index in [0.29, 0.717) is 0 Å². The zero-order valence-corrected chi connectivity index (χ0v) is 11.2. The lowest BCUT2D eigenvalue weighted by Gasteiger charge is -2.28. The SMILES string of the molecule is C=CC(=O)OC[Si](C)(O)O[Si](C)(C)C. The molecule has 1 atom stereocenters. The van der Waals surface area contributed by atoms with Crippen LogP contribution in [0.5, 0.6) is 0 Å². The molecule has 0 aliphatic rings. The molecule has 0 aliphatic carbocycles. The zero-order chi connectivity index (χ0) is 11.4. The van der Waals surface area contributed by atoms with Crippen LogP contribution in [-0.2, 0) is 13.6 Å². The van der Waals surface area contributed by atoms with Gasteiger partial charge in [-0.3, -0.25) is 0 Å². The molecular formula is C8H18O4Si2. The molecular weight excluding hydrogens is 216 g/mol. The molecule has 0 bridgehead atoms. The van der Waals surface area contributed by atoms with Gasteiger partial charge in [0.25, 0.3) is 0 Å². The lowest BCUT2D eigenvalue weighted by Crippen LogP contribution is -2.49. The minimum absolute atomic E-state index is 0.0396.